The van der Waals surface area contributed by atoms with E-state index < -0.39 is 8.32 Å². The van der Waals surface area contributed by atoms with Crippen molar-refractivity contribution in [2.24, 2.45) is 28.6 Å². The quantitative estimate of drug-likeness (QED) is 0.338. The van der Waals surface area contributed by atoms with E-state index in [4.69, 9.17) is 4.43 Å². The fourth-order valence-electron chi connectivity index (χ4n) is 6.86. The standard InChI is InChI=1S/C33H52O2Si/c1-25(2)30(34)21-20-26(3)33(9)23-22-27(32(33,7)8)24-35-36(31(4,5)6,28-16-12-10-13-17-28)29-18-14-11-15-19-29/h10-19,25-27,30,34H,20-24H2,1-9H3/t26-,27-,30+,33+/m0/s1. The third-order valence-corrected chi connectivity index (χ3v) is 15.2. The van der Waals surface area contributed by atoms with Crippen molar-refractivity contribution in [2.75, 3.05) is 6.61 Å². The number of rotatable bonds is 10. The van der Waals surface area contributed by atoms with E-state index in [0.717, 1.165) is 19.4 Å². The molecule has 0 saturated heterocycles. The highest BCUT2D eigenvalue weighted by Crippen LogP contribution is 2.60. The highest BCUT2D eigenvalue weighted by atomic mass is 28.4. The molecule has 1 aliphatic rings. The van der Waals surface area contributed by atoms with Gasteiger partial charge in [0.15, 0.2) is 0 Å². The van der Waals surface area contributed by atoms with E-state index in [1.165, 1.54) is 23.2 Å². The summed E-state index contributed by atoms with van der Waals surface area (Å²) in [5.74, 6) is 1.41. The molecular formula is C33H52O2Si. The zero-order valence-corrected chi connectivity index (χ0v) is 25.5. The van der Waals surface area contributed by atoms with Gasteiger partial charge in [-0.15, -0.1) is 0 Å². The molecule has 2 aromatic carbocycles. The van der Waals surface area contributed by atoms with Gasteiger partial charge in [-0.05, 0) is 69.7 Å². The van der Waals surface area contributed by atoms with E-state index in [0.29, 0.717) is 17.8 Å². The summed E-state index contributed by atoms with van der Waals surface area (Å²) in [6.07, 6.45) is 4.22. The number of aliphatic hydroxyl groups excluding tert-OH is 1. The third-order valence-electron chi connectivity index (χ3n) is 10.2. The summed E-state index contributed by atoms with van der Waals surface area (Å²) in [4.78, 5) is 0. The van der Waals surface area contributed by atoms with Gasteiger partial charge in [-0.3, -0.25) is 0 Å². The van der Waals surface area contributed by atoms with Crippen LogP contribution in [0.3, 0.4) is 0 Å². The fourth-order valence-corrected chi connectivity index (χ4v) is 11.5. The van der Waals surface area contributed by atoms with Gasteiger partial charge in [-0.25, -0.2) is 0 Å². The molecule has 1 fully saturated rings. The summed E-state index contributed by atoms with van der Waals surface area (Å²) in [5, 5.41) is 13.2. The Balaban J connectivity index is 1.89. The SMILES string of the molecule is CC(C)[C@H](O)CC[C@H](C)[C@@]1(C)CC[C@@H](CO[Si](c2ccccc2)(c2ccccc2)C(C)(C)C)C1(C)C. The van der Waals surface area contributed by atoms with E-state index >= 15 is 0 Å². The zero-order valence-electron chi connectivity index (χ0n) is 24.5. The average molecular weight is 509 g/mol. The highest BCUT2D eigenvalue weighted by Gasteiger charge is 2.56. The minimum Gasteiger partial charge on any atom is -0.407 e. The first-order valence-electron chi connectivity index (χ1n) is 14.2. The number of aliphatic hydroxyl groups is 1. The first-order valence-corrected chi connectivity index (χ1v) is 16.1. The Kier molecular flexibility index (Phi) is 9.01. The normalized spacial score (nSPS) is 24.1. The van der Waals surface area contributed by atoms with Crippen LogP contribution in [0.25, 0.3) is 0 Å². The van der Waals surface area contributed by atoms with Gasteiger partial charge in [0.1, 0.15) is 0 Å². The Morgan fingerprint density at radius 2 is 1.39 bits per heavy atom. The first-order chi connectivity index (χ1) is 16.8. The van der Waals surface area contributed by atoms with Crippen LogP contribution in [-0.2, 0) is 4.43 Å². The van der Waals surface area contributed by atoms with Gasteiger partial charge in [0.05, 0.1) is 6.10 Å². The molecule has 1 N–H and O–H groups in total. The summed E-state index contributed by atoms with van der Waals surface area (Å²) in [7, 11) is -2.53. The molecule has 1 saturated carbocycles. The summed E-state index contributed by atoms with van der Waals surface area (Å²) in [5.41, 5.74) is 0.407. The van der Waals surface area contributed by atoms with Crippen LogP contribution < -0.4 is 10.4 Å². The van der Waals surface area contributed by atoms with Gasteiger partial charge < -0.3 is 9.53 Å². The Hall–Kier alpha value is -1.42. The molecule has 3 rings (SSSR count). The molecule has 36 heavy (non-hydrogen) atoms. The Labute approximate surface area is 223 Å². The zero-order chi connectivity index (χ0) is 26.8. The Morgan fingerprint density at radius 1 is 0.889 bits per heavy atom. The third kappa shape index (κ3) is 5.40. The molecule has 200 valence electrons. The van der Waals surface area contributed by atoms with Crippen molar-refractivity contribution >= 4 is 18.7 Å². The van der Waals surface area contributed by atoms with Crippen molar-refractivity contribution in [3.05, 3.63) is 60.7 Å². The van der Waals surface area contributed by atoms with Crippen molar-refractivity contribution in [3.63, 3.8) is 0 Å². The molecule has 0 heterocycles. The molecule has 0 spiro atoms. The largest absolute Gasteiger partial charge is 0.407 e. The van der Waals surface area contributed by atoms with Crippen LogP contribution in [0, 0.1) is 28.6 Å². The van der Waals surface area contributed by atoms with Gasteiger partial charge in [0, 0.05) is 6.61 Å². The molecule has 0 radical (unpaired) electrons. The topological polar surface area (TPSA) is 29.5 Å². The maximum Gasteiger partial charge on any atom is 0.261 e. The molecule has 1 aliphatic carbocycles. The Bertz CT molecular complexity index is 907. The van der Waals surface area contributed by atoms with Gasteiger partial charge >= 0.3 is 0 Å². The van der Waals surface area contributed by atoms with E-state index in [2.05, 4.69) is 123 Å². The minimum absolute atomic E-state index is 0.00202. The van der Waals surface area contributed by atoms with E-state index in [-0.39, 0.29) is 22.0 Å². The molecule has 0 bridgehead atoms. The molecule has 0 aliphatic heterocycles. The van der Waals surface area contributed by atoms with Crippen LogP contribution in [0.1, 0.15) is 88.0 Å². The van der Waals surface area contributed by atoms with Crippen LogP contribution in [0.15, 0.2) is 60.7 Å². The lowest BCUT2D eigenvalue weighted by Gasteiger charge is -2.48. The van der Waals surface area contributed by atoms with Gasteiger partial charge in [0.25, 0.3) is 8.32 Å². The minimum atomic E-state index is -2.53. The van der Waals surface area contributed by atoms with Crippen LogP contribution in [0.4, 0.5) is 0 Å². The molecule has 2 nitrogen and oxygen atoms in total. The fraction of sp³-hybridized carbons (Fsp3) is 0.636. The predicted molar refractivity (Wildman–Crippen MR) is 157 cm³/mol. The van der Waals surface area contributed by atoms with Gasteiger partial charge in [-0.1, -0.05) is 123 Å². The number of benzene rings is 2. The lowest BCUT2D eigenvalue weighted by Crippen LogP contribution is -2.67. The van der Waals surface area contributed by atoms with Crippen molar-refractivity contribution in [1.82, 2.24) is 0 Å². The monoisotopic (exact) mass is 508 g/mol. The summed E-state index contributed by atoms with van der Waals surface area (Å²) in [6, 6.07) is 22.0. The second-order valence-electron chi connectivity index (χ2n) is 13.6. The van der Waals surface area contributed by atoms with Crippen molar-refractivity contribution < 1.29 is 9.53 Å². The maximum absolute atomic E-state index is 10.4. The van der Waals surface area contributed by atoms with Crippen LogP contribution >= 0.6 is 0 Å². The van der Waals surface area contributed by atoms with Crippen molar-refractivity contribution in [3.8, 4) is 0 Å². The summed E-state index contributed by atoms with van der Waals surface area (Å²) in [6.45, 7) is 22.0. The van der Waals surface area contributed by atoms with E-state index in [9.17, 15) is 5.11 Å². The second kappa shape index (κ2) is 11.1. The summed E-state index contributed by atoms with van der Waals surface area (Å²) >= 11 is 0. The molecule has 0 amide bonds. The van der Waals surface area contributed by atoms with E-state index in [1.54, 1.807) is 0 Å². The number of hydrogen-bond donors (Lipinski definition) is 1. The second-order valence-corrected chi connectivity index (χ2v) is 17.9. The average Bonchev–Trinajstić information content (AvgIpc) is 3.07. The lowest BCUT2D eigenvalue weighted by atomic mass is 9.59. The van der Waals surface area contributed by atoms with E-state index in [1.807, 2.05) is 0 Å². The van der Waals surface area contributed by atoms with Gasteiger partial charge in [0.2, 0.25) is 0 Å². The first kappa shape index (κ1) is 29.1. The molecule has 0 unspecified atom stereocenters. The molecular weight excluding hydrogens is 456 g/mol. The smallest absolute Gasteiger partial charge is 0.261 e. The number of hydrogen-bond acceptors (Lipinski definition) is 2. The van der Waals surface area contributed by atoms with Gasteiger partial charge in [-0.2, -0.15) is 0 Å². The molecule has 0 aromatic heterocycles. The van der Waals surface area contributed by atoms with Crippen LogP contribution in [0.5, 0.6) is 0 Å². The molecule has 4 atom stereocenters. The van der Waals surface area contributed by atoms with Crippen LogP contribution in [-0.4, -0.2) is 26.1 Å². The highest BCUT2D eigenvalue weighted by molar-refractivity contribution is 6.99. The summed E-state index contributed by atoms with van der Waals surface area (Å²) < 4.78 is 7.39. The van der Waals surface area contributed by atoms with Crippen molar-refractivity contribution in [1.29, 1.82) is 0 Å². The molecule has 3 heteroatoms. The van der Waals surface area contributed by atoms with Crippen LogP contribution in [0.2, 0.25) is 5.04 Å². The molecule has 2 aromatic rings. The lowest BCUT2D eigenvalue weighted by molar-refractivity contribution is 0.00600. The maximum atomic E-state index is 10.4. The van der Waals surface area contributed by atoms with Crippen molar-refractivity contribution in [2.45, 2.75) is 99.1 Å². The predicted octanol–water partition coefficient (Wildman–Crippen LogP) is 7.44. The Morgan fingerprint density at radius 3 is 1.83 bits per heavy atom.